The topological polar surface area (TPSA) is 32.5 Å². The minimum absolute atomic E-state index is 0.0487. The summed E-state index contributed by atoms with van der Waals surface area (Å²) in [7, 11) is 4.15. The fourth-order valence-corrected chi connectivity index (χ4v) is 2.47. The molecule has 0 aliphatic carbocycles. The van der Waals surface area contributed by atoms with E-state index in [9.17, 15) is 0 Å². The Bertz CT molecular complexity index is 429. The third-order valence-corrected chi connectivity index (χ3v) is 3.69. The summed E-state index contributed by atoms with van der Waals surface area (Å²) in [4.78, 5) is 4.34. The van der Waals surface area contributed by atoms with E-state index in [2.05, 4.69) is 58.2 Å². The fourth-order valence-electron chi connectivity index (χ4n) is 1.96. The van der Waals surface area contributed by atoms with Gasteiger partial charge in [0.2, 0.25) is 0 Å². The highest BCUT2D eigenvalue weighted by atomic mass is 79.9. The van der Waals surface area contributed by atoms with E-state index in [0.29, 0.717) is 0 Å². The summed E-state index contributed by atoms with van der Waals surface area (Å²) in [5.74, 6) is 0. The van der Waals surface area contributed by atoms with E-state index in [-0.39, 0.29) is 6.17 Å². The molecule has 2 rings (SSSR count). The molecule has 0 radical (unpaired) electrons. The maximum atomic E-state index is 6.28. The van der Waals surface area contributed by atoms with E-state index in [1.54, 1.807) is 0 Å². The highest BCUT2D eigenvalue weighted by Crippen LogP contribution is 2.31. The van der Waals surface area contributed by atoms with Gasteiger partial charge < -0.3 is 15.5 Å². The molecule has 1 heterocycles. The van der Waals surface area contributed by atoms with Crippen LogP contribution in [0.15, 0.2) is 28.9 Å². The zero-order chi connectivity index (χ0) is 12.4. The first-order valence-corrected chi connectivity index (χ1v) is 6.51. The van der Waals surface area contributed by atoms with Crippen molar-refractivity contribution < 1.29 is 0 Å². The first kappa shape index (κ1) is 12.6. The molecule has 0 saturated carbocycles. The molecule has 0 aromatic heterocycles. The quantitative estimate of drug-likeness (QED) is 0.928. The molecule has 1 aliphatic rings. The van der Waals surface area contributed by atoms with Crippen molar-refractivity contribution in [1.29, 1.82) is 0 Å². The van der Waals surface area contributed by atoms with Crippen LogP contribution in [0.2, 0.25) is 0 Å². The number of nitrogens with zero attached hydrogens (tertiary/aromatic N) is 2. The summed E-state index contributed by atoms with van der Waals surface area (Å²) in [6.07, 6.45) is 4.16. The Hall–Kier alpha value is -0.840. The smallest absolute Gasteiger partial charge is 0.103 e. The Labute approximate surface area is 111 Å². The molecule has 1 unspecified atom stereocenters. The van der Waals surface area contributed by atoms with Crippen molar-refractivity contribution in [2.45, 2.75) is 6.17 Å². The molecule has 17 heavy (non-hydrogen) atoms. The van der Waals surface area contributed by atoms with E-state index < -0.39 is 0 Å². The molecule has 92 valence electrons. The van der Waals surface area contributed by atoms with Gasteiger partial charge in [-0.1, -0.05) is 28.1 Å². The lowest BCUT2D eigenvalue weighted by atomic mass is 10.0. The van der Waals surface area contributed by atoms with Crippen LogP contribution in [0, 0.1) is 0 Å². The first-order chi connectivity index (χ1) is 8.09. The Morgan fingerprint density at radius 2 is 2.18 bits per heavy atom. The fraction of sp³-hybridized carbons (Fsp3) is 0.385. The maximum absolute atomic E-state index is 6.28. The summed E-state index contributed by atoms with van der Waals surface area (Å²) in [5.41, 5.74) is 8.66. The van der Waals surface area contributed by atoms with Gasteiger partial charge in [-0.05, 0) is 37.4 Å². The highest BCUT2D eigenvalue weighted by molar-refractivity contribution is 9.10. The normalized spacial score (nSPS) is 18.6. The average Bonchev–Trinajstić information content (AvgIpc) is 2.29. The average molecular weight is 296 g/mol. The second kappa shape index (κ2) is 5.21. The predicted molar refractivity (Wildman–Crippen MR) is 75.4 cm³/mol. The van der Waals surface area contributed by atoms with Gasteiger partial charge in [0, 0.05) is 23.8 Å². The highest BCUT2D eigenvalue weighted by Gasteiger charge is 2.20. The van der Waals surface area contributed by atoms with Gasteiger partial charge >= 0.3 is 0 Å². The molecule has 1 atom stereocenters. The summed E-state index contributed by atoms with van der Waals surface area (Å²) >= 11 is 3.56. The molecule has 0 saturated heterocycles. The lowest BCUT2D eigenvalue weighted by Crippen LogP contribution is -2.37. The largest absolute Gasteiger partial charge is 0.357 e. The third-order valence-electron chi connectivity index (χ3n) is 3.00. The van der Waals surface area contributed by atoms with Crippen LogP contribution in [0.25, 0.3) is 6.08 Å². The van der Waals surface area contributed by atoms with Crippen molar-refractivity contribution in [3.05, 3.63) is 40.0 Å². The molecule has 1 aromatic carbocycles. The lowest BCUT2D eigenvalue weighted by molar-refractivity contribution is 0.249. The van der Waals surface area contributed by atoms with Crippen molar-refractivity contribution >= 4 is 22.0 Å². The molecule has 0 bridgehead atoms. The van der Waals surface area contributed by atoms with Crippen LogP contribution in [-0.4, -0.2) is 37.0 Å². The lowest BCUT2D eigenvalue weighted by Gasteiger charge is -2.33. The number of hydrogen-bond acceptors (Lipinski definition) is 3. The van der Waals surface area contributed by atoms with Crippen LogP contribution in [-0.2, 0) is 0 Å². The molecule has 0 fully saturated rings. The van der Waals surface area contributed by atoms with Crippen LogP contribution < -0.4 is 5.73 Å². The number of nitrogens with two attached hydrogens (primary N) is 1. The Balaban J connectivity index is 2.19. The molecule has 3 nitrogen and oxygen atoms in total. The number of halogens is 1. The number of rotatable bonds is 3. The second-order valence-corrected chi connectivity index (χ2v) is 5.40. The summed E-state index contributed by atoms with van der Waals surface area (Å²) in [6.45, 7) is 1.94. The SMILES string of the molecule is CN(C)CCN1C=Cc2c(Br)cccc2C1N. The van der Waals surface area contributed by atoms with Gasteiger partial charge in [0.05, 0.1) is 0 Å². The van der Waals surface area contributed by atoms with Gasteiger partial charge in [-0.25, -0.2) is 0 Å². The van der Waals surface area contributed by atoms with Crippen LogP contribution in [0.3, 0.4) is 0 Å². The van der Waals surface area contributed by atoms with Gasteiger partial charge in [-0.2, -0.15) is 0 Å². The molecule has 2 N–H and O–H groups in total. The molecule has 0 spiro atoms. The first-order valence-electron chi connectivity index (χ1n) is 5.72. The van der Waals surface area contributed by atoms with Crippen LogP contribution in [0.5, 0.6) is 0 Å². The minimum atomic E-state index is -0.0487. The Morgan fingerprint density at radius 3 is 2.88 bits per heavy atom. The van der Waals surface area contributed by atoms with Gasteiger partial charge in [0.25, 0.3) is 0 Å². The van der Waals surface area contributed by atoms with Crippen molar-refractivity contribution in [2.75, 3.05) is 27.2 Å². The predicted octanol–water partition coefficient (Wildman–Crippen LogP) is 2.25. The number of likely N-dealkylation sites (N-methyl/N-ethyl adjacent to an activating group) is 1. The standard InChI is InChI=1S/C13H18BrN3/c1-16(2)8-9-17-7-6-10-11(13(17)15)4-3-5-12(10)14/h3-7,13H,8-9,15H2,1-2H3. The van der Waals surface area contributed by atoms with E-state index in [4.69, 9.17) is 5.73 Å². The van der Waals surface area contributed by atoms with Crippen molar-refractivity contribution in [1.82, 2.24) is 9.80 Å². The number of fused-ring (bicyclic) bond motifs is 1. The van der Waals surface area contributed by atoms with Gasteiger partial charge in [0.1, 0.15) is 6.17 Å². The van der Waals surface area contributed by atoms with Gasteiger partial charge in [-0.15, -0.1) is 0 Å². The van der Waals surface area contributed by atoms with Gasteiger partial charge in [-0.3, -0.25) is 0 Å². The van der Waals surface area contributed by atoms with Crippen LogP contribution >= 0.6 is 15.9 Å². The van der Waals surface area contributed by atoms with Crippen molar-refractivity contribution in [2.24, 2.45) is 5.73 Å². The number of hydrogen-bond donors (Lipinski definition) is 1. The third kappa shape index (κ3) is 2.70. The maximum Gasteiger partial charge on any atom is 0.103 e. The van der Waals surface area contributed by atoms with Crippen LogP contribution in [0.1, 0.15) is 17.3 Å². The van der Waals surface area contributed by atoms with E-state index in [0.717, 1.165) is 17.6 Å². The number of benzene rings is 1. The van der Waals surface area contributed by atoms with Crippen molar-refractivity contribution in [3.8, 4) is 0 Å². The molecular weight excluding hydrogens is 278 g/mol. The molecular formula is C13H18BrN3. The van der Waals surface area contributed by atoms with E-state index in [1.807, 2.05) is 12.1 Å². The monoisotopic (exact) mass is 295 g/mol. The van der Waals surface area contributed by atoms with Gasteiger partial charge in [0.15, 0.2) is 0 Å². The van der Waals surface area contributed by atoms with E-state index in [1.165, 1.54) is 11.1 Å². The summed E-state index contributed by atoms with van der Waals surface area (Å²) in [6, 6.07) is 6.17. The molecule has 4 heteroatoms. The molecule has 0 amide bonds. The van der Waals surface area contributed by atoms with E-state index >= 15 is 0 Å². The summed E-state index contributed by atoms with van der Waals surface area (Å²) in [5, 5.41) is 0. The minimum Gasteiger partial charge on any atom is -0.357 e. The Morgan fingerprint density at radius 1 is 1.41 bits per heavy atom. The van der Waals surface area contributed by atoms with Crippen LogP contribution in [0.4, 0.5) is 0 Å². The summed E-state index contributed by atoms with van der Waals surface area (Å²) < 4.78 is 1.11. The zero-order valence-electron chi connectivity index (χ0n) is 10.2. The molecule has 1 aromatic rings. The zero-order valence-corrected chi connectivity index (χ0v) is 11.8. The second-order valence-electron chi connectivity index (χ2n) is 4.54. The Kier molecular flexibility index (Phi) is 3.86. The molecule has 1 aliphatic heterocycles. The van der Waals surface area contributed by atoms with Crippen molar-refractivity contribution in [3.63, 3.8) is 0 Å².